The van der Waals surface area contributed by atoms with Gasteiger partial charge in [-0.2, -0.15) is 0 Å². The molecule has 1 aliphatic carbocycles. The molecule has 4 N–H and O–H groups in total. The SMILES string of the molecule is NC1=NC2(CCN(C(=O)NCc3cnc4c(c3)CCC4)CC2)C(=O)N1. The highest BCUT2D eigenvalue weighted by molar-refractivity contribution is 6.06. The third-order valence-electron chi connectivity index (χ3n) is 5.30. The molecule has 0 aromatic carbocycles. The lowest BCUT2D eigenvalue weighted by Crippen LogP contribution is -2.52. The molecule has 1 spiro atoms. The zero-order valence-electron chi connectivity index (χ0n) is 14.0. The van der Waals surface area contributed by atoms with E-state index in [9.17, 15) is 9.59 Å². The molecule has 1 fully saturated rings. The summed E-state index contributed by atoms with van der Waals surface area (Å²) in [5.74, 6) is 0.0151. The molecule has 0 unspecified atom stereocenters. The maximum atomic E-state index is 12.4. The van der Waals surface area contributed by atoms with E-state index in [1.54, 1.807) is 4.90 Å². The number of piperidine rings is 1. The Morgan fingerprint density at radius 3 is 2.88 bits per heavy atom. The van der Waals surface area contributed by atoms with Crippen LogP contribution in [0.3, 0.4) is 0 Å². The average Bonchev–Trinajstić information content (AvgIpc) is 3.17. The number of amides is 3. The molecule has 25 heavy (non-hydrogen) atoms. The van der Waals surface area contributed by atoms with Crippen LogP contribution in [0.1, 0.15) is 36.1 Å². The molecule has 0 bridgehead atoms. The third-order valence-corrected chi connectivity index (χ3v) is 5.30. The highest BCUT2D eigenvalue weighted by Gasteiger charge is 2.45. The minimum absolute atomic E-state index is 0.120. The van der Waals surface area contributed by atoms with Crippen molar-refractivity contribution in [2.75, 3.05) is 13.1 Å². The van der Waals surface area contributed by atoms with Crippen molar-refractivity contribution in [1.82, 2.24) is 20.5 Å². The molecular weight excluding hydrogens is 320 g/mol. The summed E-state index contributed by atoms with van der Waals surface area (Å²) in [5, 5.41) is 5.50. The van der Waals surface area contributed by atoms with Crippen molar-refractivity contribution < 1.29 is 9.59 Å². The number of carbonyl (C=O) groups is 2. The molecule has 0 atom stereocenters. The van der Waals surface area contributed by atoms with Gasteiger partial charge in [-0.1, -0.05) is 6.07 Å². The summed E-state index contributed by atoms with van der Waals surface area (Å²) >= 11 is 0. The van der Waals surface area contributed by atoms with E-state index in [0.717, 1.165) is 24.8 Å². The maximum Gasteiger partial charge on any atom is 0.317 e. The molecule has 2 aliphatic heterocycles. The van der Waals surface area contributed by atoms with Crippen molar-refractivity contribution in [3.05, 3.63) is 29.1 Å². The van der Waals surface area contributed by atoms with Gasteiger partial charge in [0.1, 0.15) is 5.54 Å². The van der Waals surface area contributed by atoms with E-state index in [1.807, 2.05) is 6.20 Å². The lowest BCUT2D eigenvalue weighted by Gasteiger charge is -2.35. The van der Waals surface area contributed by atoms with E-state index in [0.29, 0.717) is 32.5 Å². The van der Waals surface area contributed by atoms with Gasteiger partial charge in [-0.25, -0.2) is 9.79 Å². The number of aromatic nitrogens is 1. The molecule has 0 saturated carbocycles. The predicted molar refractivity (Wildman–Crippen MR) is 91.8 cm³/mol. The van der Waals surface area contributed by atoms with Crippen LogP contribution >= 0.6 is 0 Å². The molecule has 1 aromatic rings. The first kappa shape index (κ1) is 15.9. The second-order valence-corrected chi connectivity index (χ2v) is 6.93. The molecule has 1 saturated heterocycles. The van der Waals surface area contributed by atoms with Gasteiger partial charge >= 0.3 is 6.03 Å². The van der Waals surface area contributed by atoms with Crippen LogP contribution in [0.2, 0.25) is 0 Å². The van der Waals surface area contributed by atoms with Gasteiger partial charge in [-0.3, -0.25) is 15.1 Å². The third kappa shape index (κ3) is 2.92. The lowest BCUT2D eigenvalue weighted by atomic mass is 9.88. The zero-order valence-corrected chi connectivity index (χ0v) is 14.0. The molecule has 3 amide bonds. The van der Waals surface area contributed by atoms with Gasteiger partial charge in [0.2, 0.25) is 0 Å². The topological polar surface area (TPSA) is 113 Å². The predicted octanol–water partition coefficient (Wildman–Crippen LogP) is 0.0590. The van der Waals surface area contributed by atoms with Crippen LogP contribution in [0.25, 0.3) is 0 Å². The van der Waals surface area contributed by atoms with Gasteiger partial charge in [0.25, 0.3) is 5.91 Å². The summed E-state index contributed by atoms with van der Waals surface area (Å²) in [4.78, 5) is 34.8. The standard InChI is InChI=1S/C17H22N6O2/c18-15-21-14(24)17(22-15)4-6-23(7-5-17)16(25)20-10-11-8-12-2-1-3-13(12)19-9-11/h8-9H,1-7,10H2,(H,20,25)(H3,18,21,22,24). The molecular formula is C17H22N6O2. The molecule has 132 valence electrons. The van der Waals surface area contributed by atoms with Gasteiger partial charge in [-0.05, 0) is 43.2 Å². The zero-order chi connectivity index (χ0) is 17.4. The van der Waals surface area contributed by atoms with Crippen molar-refractivity contribution in [2.45, 2.75) is 44.2 Å². The number of aryl methyl sites for hydroxylation is 2. The largest absolute Gasteiger partial charge is 0.370 e. The number of fused-ring (bicyclic) bond motifs is 1. The van der Waals surface area contributed by atoms with Crippen LogP contribution in [-0.4, -0.2) is 46.4 Å². The first-order chi connectivity index (χ1) is 12.1. The van der Waals surface area contributed by atoms with E-state index in [2.05, 4.69) is 26.7 Å². The fourth-order valence-corrected chi connectivity index (χ4v) is 3.82. The Hall–Kier alpha value is -2.64. The van der Waals surface area contributed by atoms with E-state index in [-0.39, 0.29) is 17.9 Å². The minimum atomic E-state index is -0.787. The van der Waals surface area contributed by atoms with E-state index < -0.39 is 5.54 Å². The fourth-order valence-electron chi connectivity index (χ4n) is 3.82. The van der Waals surface area contributed by atoms with Gasteiger partial charge in [-0.15, -0.1) is 0 Å². The van der Waals surface area contributed by atoms with E-state index in [4.69, 9.17) is 5.73 Å². The van der Waals surface area contributed by atoms with Crippen LogP contribution in [0.4, 0.5) is 4.79 Å². The Morgan fingerprint density at radius 1 is 1.36 bits per heavy atom. The Kier molecular flexibility index (Phi) is 3.82. The monoisotopic (exact) mass is 342 g/mol. The molecule has 8 heteroatoms. The molecule has 1 aromatic heterocycles. The van der Waals surface area contributed by atoms with Crippen molar-refractivity contribution in [2.24, 2.45) is 10.7 Å². The smallest absolute Gasteiger partial charge is 0.317 e. The number of hydrogen-bond acceptors (Lipinski definition) is 5. The van der Waals surface area contributed by atoms with Gasteiger partial charge in [0.05, 0.1) is 0 Å². The van der Waals surface area contributed by atoms with Crippen LogP contribution < -0.4 is 16.4 Å². The van der Waals surface area contributed by atoms with E-state index >= 15 is 0 Å². The lowest BCUT2D eigenvalue weighted by molar-refractivity contribution is -0.125. The van der Waals surface area contributed by atoms with Crippen molar-refractivity contribution in [1.29, 1.82) is 0 Å². The molecule has 4 rings (SSSR count). The summed E-state index contributed by atoms with van der Waals surface area (Å²) in [6.07, 6.45) is 6.12. The average molecular weight is 342 g/mol. The highest BCUT2D eigenvalue weighted by Crippen LogP contribution is 2.29. The van der Waals surface area contributed by atoms with Crippen molar-refractivity contribution >= 4 is 17.9 Å². The fraction of sp³-hybridized carbons (Fsp3) is 0.529. The normalized spacial score (nSPS) is 21.0. The molecule has 3 aliphatic rings. The molecule has 8 nitrogen and oxygen atoms in total. The summed E-state index contributed by atoms with van der Waals surface area (Å²) in [7, 11) is 0. The Morgan fingerprint density at radius 2 is 2.16 bits per heavy atom. The van der Waals surface area contributed by atoms with Gasteiger partial charge in [0.15, 0.2) is 5.96 Å². The van der Waals surface area contributed by atoms with Crippen LogP contribution in [-0.2, 0) is 24.2 Å². The van der Waals surface area contributed by atoms with Gasteiger partial charge < -0.3 is 16.0 Å². The number of nitrogens with zero attached hydrogens (tertiary/aromatic N) is 3. The van der Waals surface area contributed by atoms with Crippen molar-refractivity contribution in [3.63, 3.8) is 0 Å². The highest BCUT2D eigenvalue weighted by atomic mass is 16.2. The number of urea groups is 1. The number of likely N-dealkylation sites (tertiary alicyclic amines) is 1. The summed E-state index contributed by atoms with van der Waals surface area (Å²) < 4.78 is 0. The maximum absolute atomic E-state index is 12.4. The van der Waals surface area contributed by atoms with Crippen LogP contribution in [0.15, 0.2) is 17.3 Å². The number of nitrogens with one attached hydrogen (secondary N) is 2. The second-order valence-electron chi connectivity index (χ2n) is 6.93. The number of guanidine groups is 1. The van der Waals surface area contributed by atoms with Gasteiger partial charge in [0, 0.05) is 31.5 Å². The van der Waals surface area contributed by atoms with Crippen LogP contribution in [0.5, 0.6) is 0 Å². The Labute approximate surface area is 145 Å². The summed E-state index contributed by atoms with van der Waals surface area (Å²) in [6.45, 7) is 1.43. The summed E-state index contributed by atoms with van der Waals surface area (Å²) in [5.41, 5.74) is 8.32. The van der Waals surface area contributed by atoms with Crippen LogP contribution in [0, 0.1) is 0 Å². The minimum Gasteiger partial charge on any atom is -0.370 e. The number of aliphatic imine (C=N–C) groups is 1. The van der Waals surface area contributed by atoms with E-state index in [1.165, 1.54) is 11.3 Å². The Bertz CT molecular complexity index is 752. The summed E-state index contributed by atoms with van der Waals surface area (Å²) in [6, 6.07) is 2.02. The quantitative estimate of drug-likeness (QED) is 0.705. The Balaban J connectivity index is 1.32. The molecule has 3 heterocycles. The number of pyridine rings is 1. The number of hydrogen-bond donors (Lipinski definition) is 3. The van der Waals surface area contributed by atoms with Crippen molar-refractivity contribution in [3.8, 4) is 0 Å². The molecule has 0 radical (unpaired) electrons. The first-order valence-corrected chi connectivity index (χ1v) is 8.72. The number of rotatable bonds is 2. The first-order valence-electron chi connectivity index (χ1n) is 8.72. The number of nitrogens with two attached hydrogens (primary N) is 1. The number of carbonyl (C=O) groups excluding carboxylic acids is 2. The second kappa shape index (κ2) is 6.02.